The SMILES string of the molecule is O=[N+]([O-])C(Br)=C1C=C(c2ccccc2)SS1. The highest BCUT2D eigenvalue weighted by Gasteiger charge is 2.21. The molecule has 1 heterocycles. The molecule has 3 nitrogen and oxygen atoms in total. The maximum absolute atomic E-state index is 10.6. The monoisotopic (exact) mass is 315 g/mol. The minimum absolute atomic E-state index is 0.0240. The molecule has 0 unspecified atom stereocenters. The van der Waals surface area contributed by atoms with Crippen molar-refractivity contribution in [2.75, 3.05) is 0 Å². The first kappa shape index (κ1) is 11.8. The van der Waals surface area contributed by atoms with Crippen LogP contribution in [0.4, 0.5) is 0 Å². The van der Waals surface area contributed by atoms with Gasteiger partial charge in [-0.15, -0.1) is 0 Å². The lowest BCUT2D eigenvalue weighted by Crippen LogP contribution is -1.91. The van der Waals surface area contributed by atoms with Crippen LogP contribution in [-0.2, 0) is 0 Å². The van der Waals surface area contributed by atoms with Crippen molar-refractivity contribution in [3.05, 3.63) is 61.6 Å². The third-order valence-electron chi connectivity index (χ3n) is 1.91. The number of halogens is 1. The van der Waals surface area contributed by atoms with E-state index >= 15 is 0 Å². The Kier molecular flexibility index (Phi) is 3.73. The van der Waals surface area contributed by atoms with Crippen LogP contribution in [0.5, 0.6) is 0 Å². The van der Waals surface area contributed by atoms with Crippen molar-refractivity contribution >= 4 is 42.4 Å². The summed E-state index contributed by atoms with van der Waals surface area (Å²) < 4.78 is 0.0240. The third-order valence-corrected chi connectivity index (χ3v) is 5.32. The highest BCUT2D eigenvalue weighted by molar-refractivity contribution is 9.11. The molecule has 1 aliphatic rings. The molecular weight excluding hydrogens is 310 g/mol. The molecule has 16 heavy (non-hydrogen) atoms. The predicted molar refractivity (Wildman–Crippen MR) is 72.5 cm³/mol. The Morgan fingerprint density at radius 3 is 2.56 bits per heavy atom. The Morgan fingerprint density at radius 1 is 1.25 bits per heavy atom. The van der Waals surface area contributed by atoms with E-state index in [2.05, 4.69) is 15.9 Å². The normalized spacial score (nSPS) is 18.2. The molecule has 2 rings (SSSR count). The summed E-state index contributed by atoms with van der Waals surface area (Å²) in [5.41, 5.74) is 1.08. The maximum Gasteiger partial charge on any atom is 0.325 e. The molecule has 0 atom stereocenters. The zero-order valence-corrected chi connectivity index (χ0v) is 11.1. The summed E-state index contributed by atoms with van der Waals surface area (Å²) in [6.07, 6.45) is 1.83. The van der Waals surface area contributed by atoms with Crippen molar-refractivity contribution in [3.63, 3.8) is 0 Å². The van der Waals surface area contributed by atoms with Crippen LogP contribution in [0.15, 0.2) is 45.9 Å². The number of allylic oxidation sites excluding steroid dienone is 1. The average Bonchev–Trinajstić information content (AvgIpc) is 2.78. The Morgan fingerprint density at radius 2 is 1.94 bits per heavy atom. The standard InChI is InChI=1S/C10H6BrNO2S2/c11-10(12(13)14)9-6-8(15-16-9)7-4-2-1-3-5-7/h1-6H. The summed E-state index contributed by atoms with van der Waals surface area (Å²) in [4.78, 5) is 11.8. The zero-order valence-electron chi connectivity index (χ0n) is 7.92. The summed E-state index contributed by atoms with van der Waals surface area (Å²) in [7, 11) is 2.93. The van der Waals surface area contributed by atoms with E-state index in [0.717, 1.165) is 10.5 Å². The lowest BCUT2D eigenvalue weighted by atomic mass is 10.2. The molecule has 1 aliphatic heterocycles. The fourth-order valence-corrected chi connectivity index (χ4v) is 4.17. The van der Waals surface area contributed by atoms with E-state index in [1.165, 1.54) is 21.6 Å². The summed E-state index contributed by atoms with van der Waals surface area (Å²) in [5, 5.41) is 10.6. The molecule has 0 spiro atoms. The minimum atomic E-state index is -0.423. The van der Waals surface area contributed by atoms with Crippen LogP contribution >= 0.6 is 37.5 Å². The van der Waals surface area contributed by atoms with Gasteiger partial charge in [-0.2, -0.15) is 0 Å². The van der Waals surface area contributed by atoms with Gasteiger partial charge in [-0.1, -0.05) is 41.1 Å². The van der Waals surface area contributed by atoms with Crippen LogP contribution in [-0.4, -0.2) is 4.92 Å². The summed E-state index contributed by atoms with van der Waals surface area (Å²) in [5.74, 6) is 0. The largest absolute Gasteiger partial charge is 0.325 e. The van der Waals surface area contributed by atoms with E-state index in [9.17, 15) is 10.1 Å². The summed E-state index contributed by atoms with van der Waals surface area (Å²) >= 11 is 2.97. The first-order valence-electron chi connectivity index (χ1n) is 4.34. The maximum atomic E-state index is 10.6. The van der Waals surface area contributed by atoms with Gasteiger partial charge in [0.05, 0.1) is 4.92 Å². The van der Waals surface area contributed by atoms with E-state index in [1.54, 1.807) is 0 Å². The van der Waals surface area contributed by atoms with Crippen LogP contribution in [0.25, 0.3) is 4.91 Å². The molecule has 6 heteroatoms. The van der Waals surface area contributed by atoms with Crippen LogP contribution in [0.1, 0.15) is 5.56 Å². The van der Waals surface area contributed by atoms with Gasteiger partial charge in [0.25, 0.3) is 0 Å². The van der Waals surface area contributed by atoms with Gasteiger partial charge in [0.1, 0.15) is 4.91 Å². The second kappa shape index (κ2) is 5.07. The van der Waals surface area contributed by atoms with Crippen LogP contribution in [0, 0.1) is 10.1 Å². The minimum Gasteiger partial charge on any atom is -0.258 e. The fraction of sp³-hybridized carbons (Fsp3) is 0. The lowest BCUT2D eigenvalue weighted by Gasteiger charge is -1.97. The van der Waals surface area contributed by atoms with Crippen molar-refractivity contribution < 1.29 is 4.92 Å². The van der Waals surface area contributed by atoms with Gasteiger partial charge >= 0.3 is 4.61 Å². The molecule has 0 amide bonds. The zero-order chi connectivity index (χ0) is 11.5. The first-order chi connectivity index (χ1) is 7.68. The Balaban J connectivity index is 2.32. The highest BCUT2D eigenvalue weighted by Crippen LogP contribution is 2.51. The topological polar surface area (TPSA) is 43.1 Å². The number of hydrogen-bond acceptors (Lipinski definition) is 4. The van der Waals surface area contributed by atoms with Crippen molar-refractivity contribution in [2.45, 2.75) is 0 Å². The second-order valence-electron chi connectivity index (χ2n) is 2.95. The Labute approximate surface area is 109 Å². The van der Waals surface area contributed by atoms with E-state index < -0.39 is 4.92 Å². The predicted octanol–water partition coefficient (Wildman–Crippen LogP) is 4.26. The van der Waals surface area contributed by atoms with Crippen molar-refractivity contribution in [3.8, 4) is 0 Å². The Hall–Kier alpha value is -0.720. The molecule has 1 aromatic rings. The number of nitro groups is 1. The van der Waals surface area contributed by atoms with E-state index in [-0.39, 0.29) is 4.61 Å². The van der Waals surface area contributed by atoms with Crippen molar-refractivity contribution in [1.82, 2.24) is 0 Å². The van der Waals surface area contributed by atoms with Gasteiger partial charge < -0.3 is 0 Å². The first-order valence-corrected chi connectivity index (χ1v) is 7.28. The molecule has 0 aromatic heterocycles. The van der Waals surface area contributed by atoms with Crippen molar-refractivity contribution in [1.29, 1.82) is 0 Å². The molecule has 82 valence electrons. The molecular formula is C10H6BrNO2S2. The lowest BCUT2D eigenvalue weighted by molar-refractivity contribution is -0.409. The number of benzene rings is 1. The number of nitrogens with zero attached hydrogens (tertiary/aromatic N) is 1. The van der Waals surface area contributed by atoms with Gasteiger partial charge in [-0.25, -0.2) is 0 Å². The molecule has 0 bridgehead atoms. The third kappa shape index (κ3) is 2.50. The molecule has 0 N–H and O–H groups in total. The molecule has 0 aliphatic carbocycles. The van der Waals surface area contributed by atoms with Crippen molar-refractivity contribution in [2.24, 2.45) is 0 Å². The highest BCUT2D eigenvalue weighted by atomic mass is 79.9. The van der Waals surface area contributed by atoms with Gasteiger partial charge in [0.15, 0.2) is 0 Å². The van der Waals surface area contributed by atoms with Gasteiger partial charge in [-0.05, 0) is 22.4 Å². The molecule has 0 saturated heterocycles. The van der Waals surface area contributed by atoms with Crippen LogP contribution in [0.3, 0.4) is 0 Å². The smallest absolute Gasteiger partial charge is 0.258 e. The van der Waals surface area contributed by atoms with Gasteiger partial charge in [0.2, 0.25) is 0 Å². The second-order valence-corrected chi connectivity index (χ2v) is 5.92. The average molecular weight is 316 g/mol. The quantitative estimate of drug-likeness (QED) is 0.354. The number of hydrogen-bond donors (Lipinski definition) is 0. The van der Waals surface area contributed by atoms with Crippen LogP contribution in [0.2, 0.25) is 0 Å². The summed E-state index contributed by atoms with van der Waals surface area (Å²) in [6.45, 7) is 0. The summed E-state index contributed by atoms with van der Waals surface area (Å²) in [6, 6.07) is 9.82. The van der Waals surface area contributed by atoms with Gasteiger partial charge in [-0.3, -0.25) is 10.1 Å². The molecule has 0 saturated carbocycles. The molecule has 0 radical (unpaired) electrons. The van der Waals surface area contributed by atoms with E-state index in [1.807, 2.05) is 36.4 Å². The van der Waals surface area contributed by atoms with E-state index in [0.29, 0.717) is 4.91 Å². The molecule has 0 fully saturated rings. The Bertz CT molecular complexity index is 485. The van der Waals surface area contributed by atoms with E-state index in [4.69, 9.17) is 0 Å². The number of rotatable bonds is 2. The molecule has 1 aromatic carbocycles. The van der Waals surface area contributed by atoms with Crippen LogP contribution < -0.4 is 0 Å². The van der Waals surface area contributed by atoms with Gasteiger partial charge in [0, 0.05) is 20.8 Å². The fourth-order valence-electron chi connectivity index (χ4n) is 1.17.